The van der Waals surface area contributed by atoms with Gasteiger partial charge < -0.3 is 29.1 Å². The van der Waals surface area contributed by atoms with Crippen molar-refractivity contribution >= 4 is 41.8 Å². The van der Waals surface area contributed by atoms with Gasteiger partial charge in [-0.05, 0) is 41.5 Å². The molecule has 0 aliphatic carbocycles. The second kappa shape index (κ2) is 16.0. The molecule has 3 amide bonds. The standard InChI is InChI=1S/C22H35N3O12/c1-8-33-17(29)13-25(37-14(4)26)16(28)12-24(21(32)36-22(5,6)7)11-15(27)23-18(19(30)34-9-2)20(31)35-10-3/h18H,8-13H2,1-7H3,(H,23,27). The van der Waals surface area contributed by atoms with Crippen LogP contribution in [0.25, 0.3) is 0 Å². The van der Waals surface area contributed by atoms with Crippen molar-refractivity contribution in [1.82, 2.24) is 15.3 Å². The van der Waals surface area contributed by atoms with E-state index in [4.69, 9.17) is 23.8 Å². The Labute approximate surface area is 214 Å². The molecule has 0 aromatic carbocycles. The Bertz CT molecular complexity index is 834. The maximum absolute atomic E-state index is 12.8. The average molecular weight is 534 g/mol. The first kappa shape index (κ1) is 33.1. The lowest BCUT2D eigenvalue weighted by molar-refractivity contribution is -0.200. The number of hydrogen-bond donors (Lipinski definition) is 1. The summed E-state index contributed by atoms with van der Waals surface area (Å²) >= 11 is 0. The molecular formula is C22H35N3O12. The molecule has 0 bridgehead atoms. The highest BCUT2D eigenvalue weighted by molar-refractivity contribution is 6.03. The van der Waals surface area contributed by atoms with Gasteiger partial charge in [-0.2, -0.15) is 5.06 Å². The number of amides is 3. The van der Waals surface area contributed by atoms with E-state index in [-0.39, 0.29) is 19.8 Å². The topological polar surface area (TPSA) is 184 Å². The molecule has 15 nitrogen and oxygen atoms in total. The number of rotatable bonds is 12. The van der Waals surface area contributed by atoms with Gasteiger partial charge in [-0.3, -0.25) is 19.3 Å². The van der Waals surface area contributed by atoms with Crippen molar-refractivity contribution in [3.05, 3.63) is 0 Å². The third-order valence-electron chi connectivity index (χ3n) is 3.76. The first-order valence-electron chi connectivity index (χ1n) is 11.4. The smallest absolute Gasteiger partial charge is 0.411 e. The summed E-state index contributed by atoms with van der Waals surface area (Å²) in [4.78, 5) is 91.1. The van der Waals surface area contributed by atoms with E-state index in [1.54, 1.807) is 0 Å². The van der Waals surface area contributed by atoms with Crippen LogP contribution in [0, 0.1) is 0 Å². The van der Waals surface area contributed by atoms with Crippen LogP contribution >= 0.6 is 0 Å². The molecule has 37 heavy (non-hydrogen) atoms. The molecule has 0 saturated carbocycles. The van der Waals surface area contributed by atoms with Crippen LogP contribution < -0.4 is 5.32 Å². The Morgan fingerprint density at radius 3 is 1.73 bits per heavy atom. The van der Waals surface area contributed by atoms with Gasteiger partial charge in [-0.15, -0.1) is 0 Å². The van der Waals surface area contributed by atoms with Gasteiger partial charge in [0.1, 0.15) is 18.7 Å². The molecule has 0 aromatic rings. The van der Waals surface area contributed by atoms with Crippen molar-refractivity contribution in [2.75, 3.05) is 39.5 Å². The largest absolute Gasteiger partial charge is 0.465 e. The lowest BCUT2D eigenvalue weighted by Crippen LogP contribution is -2.53. The molecule has 0 saturated heterocycles. The minimum atomic E-state index is -1.83. The molecule has 0 unspecified atom stereocenters. The molecule has 1 N–H and O–H groups in total. The normalized spacial score (nSPS) is 10.6. The highest BCUT2D eigenvalue weighted by Gasteiger charge is 2.34. The zero-order valence-corrected chi connectivity index (χ0v) is 22.1. The molecule has 0 spiro atoms. The molecule has 0 aliphatic heterocycles. The minimum absolute atomic E-state index is 0.00671. The zero-order valence-electron chi connectivity index (χ0n) is 22.1. The number of ether oxygens (including phenoxy) is 4. The van der Waals surface area contributed by atoms with Crippen molar-refractivity contribution in [3.8, 4) is 0 Å². The van der Waals surface area contributed by atoms with Gasteiger partial charge in [0, 0.05) is 6.92 Å². The quantitative estimate of drug-likeness (QED) is 0.150. The van der Waals surface area contributed by atoms with Crippen LogP contribution in [0.15, 0.2) is 0 Å². The molecule has 210 valence electrons. The fourth-order valence-electron chi connectivity index (χ4n) is 2.45. The van der Waals surface area contributed by atoms with E-state index in [1.807, 2.05) is 0 Å². The fourth-order valence-corrected chi connectivity index (χ4v) is 2.45. The van der Waals surface area contributed by atoms with Crippen molar-refractivity contribution in [2.24, 2.45) is 0 Å². The third-order valence-corrected chi connectivity index (χ3v) is 3.76. The highest BCUT2D eigenvalue weighted by atomic mass is 16.7. The summed E-state index contributed by atoms with van der Waals surface area (Å²) in [6, 6.07) is -1.83. The summed E-state index contributed by atoms with van der Waals surface area (Å²) in [7, 11) is 0. The van der Waals surface area contributed by atoms with E-state index in [9.17, 15) is 33.6 Å². The third kappa shape index (κ3) is 13.7. The van der Waals surface area contributed by atoms with Crippen molar-refractivity contribution in [1.29, 1.82) is 0 Å². The Hall–Kier alpha value is -3.91. The molecule has 0 radical (unpaired) electrons. The Kier molecular flexibility index (Phi) is 14.3. The summed E-state index contributed by atoms with van der Waals surface area (Å²) in [6.45, 7) is 7.37. The Morgan fingerprint density at radius 1 is 0.784 bits per heavy atom. The summed E-state index contributed by atoms with van der Waals surface area (Å²) in [5.41, 5.74) is -1.03. The van der Waals surface area contributed by atoms with E-state index in [1.165, 1.54) is 41.5 Å². The van der Waals surface area contributed by atoms with Gasteiger partial charge >= 0.3 is 30.0 Å². The van der Waals surface area contributed by atoms with E-state index < -0.39 is 73.1 Å². The molecule has 15 heteroatoms. The van der Waals surface area contributed by atoms with Gasteiger partial charge in [0.2, 0.25) is 11.9 Å². The van der Waals surface area contributed by atoms with E-state index in [2.05, 4.69) is 5.32 Å². The molecule has 0 fully saturated rings. The summed E-state index contributed by atoms with van der Waals surface area (Å²) < 4.78 is 19.5. The van der Waals surface area contributed by atoms with Crippen molar-refractivity contribution < 1.29 is 57.3 Å². The van der Waals surface area contributed by atoms with Gasteiger partial charge in [0.15, 0.2) is 6.54 Å². The number of esters is 3. The van der Waals surface area contributed by atoms with Crippen LogP contribution in [0.2, 0.25) is 0 Å². The molecule has 0 aromatic heterocycles. The van der Waals surface area contributed by atoms with Crippen LogP contribution in [0.3, 0.4) is 0 Å². The number of nitrogens with zero attached hydrogens (tertiary/aromatic N) is 2. The van der Waals surface area contributed by atoms with Crippen LogP contribution in [0.4, 0.5) is 4.79 Å². The van der Waals surface area contributed by atoms with Gasteiger partial charge in [-0.25, -0.2) is 19.2 Å². The minimum Gasteiger partial charge on any atom is -0.465 e. The Morgan fingerprint density at radius 2 is 1.30 bits per heavy atom. The molecule has 0 atom stereocenters. The van der Waals surface area contributed by atoms with Gasteiger partial charge in [-0.1, -0.05) is 0 Å². The predicted molar refractivity (Wildman–Crippen MR) is 123 cm³/mol. The Balaban J connectivity index is 5.84. The lowest BCUT2D eigenvalue weighted by atomic mass is 10.2. The van der Waals surface area contributed by atoms with Gasteiger partial charge in [0.05, 0.1) is 19.8 Å². The molecule has 0 heterocycles. The SMILES string of the molecule is CCOC(=O)CN(OC(C)=O)C(=O)CN(CC(=O)NC(C(=O)OCC)C(=O)OCC)C(=O)OC(C)(C)C. The second-order valence-corrected chi connectivity index (χ2v) is 8.16. The number of carbonyl (C=O) groups is 7. The van der Waals surface area contributed by atoms with Crippen LogP contribution in [0.5, 0.6) is 0 Å². The average Bonchev–Trinajstić information content (AvgIpc) is 2.75. The predicted octanol–water partition coefficient (Wildman–Crippen LogP) is -0.296. The fraction of sp³-hybridized carbons (Fsp3) is 0.682. The van der Waals surface area contributed by atoms with Crippen LogP contribution in [-0.2, 0) is 52.6 Å². The van der Waals surface area contributed by atoms with Crippen molar-refractivity contribution in [3.63, 3.8) is 0 Å². The number of hydrogen-bond acceptors (Lipinski definition) is 12. The molecule has 0 aliphatic rings. The number of nitrogens with one attached hydrogen (secondary N) is 1. The summed E-state index contributed by atoms with van der Waals surface area (Å²) in [5, 5.41) is 2.47. The zero-order chi connectivity index (χ0) is 28.8. The van der Waals surface area contributed by atoms with E-state index in [0.717, 1.165) is 6.92 Å². The van der Waals surface area contributed by atoms with Crippen LogP contribution in [0.1, 0.15) is 48.5 Å². The van der Waals surface area contributed by atoms with E-state index >= 15 is 0 Å². The molecule has 0 rings (SSSR count). The number of hydroxylamine groups is 2. The first-order chi connectivity index (χ1) is 17.1. The summed E-state index contributed by atoms with van der Waals surface area (Å²) in [6.07, 6.45) is -1.13. The second-order valence-electron chi connectivity index (χ2n) is 8.16. The lowest BCUT2D eigenvalue weighted by Gasteiger charge is -2.28. The van der Waals surface area contributed by atoms with Crippen LogP contribution in [-0.4, -0.2) is 103 Å². The molecular weight excluding hydrogens is 498 g/mol. The monoisotopic (exact) mass is 533 g/mol. The van der Waals surface area contributed by atoms with Gasteiger partial charge in [0.25, 0.3) is 5.91 Å². The first-order valence-corrected chi connectivity index (χ1v) is 11.4. The van der Waals surface area contributed by atoms with E-state index in [0.29, 0.717) is 9.96 Å². The summed E-state index contributed by atoms with van der Waals surface area (Å²) in [5.74, 6) is -6.14. The number of carbonyl (C=O) groups excluding carboxylic acids is 7. The maximum Gasteiger partial charge on any atom is 0.411 e. The maximum atomic E-state index is 12.8. The van der Waals surface area contributed by atoms with Crippen molar-refractivity contribution in [2.45, 2.75) is 60.1 Å². The highest BCUT2D eigenvalue weighted by Crippen LogP contribution is 2.11.